The number of allylic oxidation sites excluding steroid dienone is 2. The highest BCUT2D eigenvalue weighted by Gasteiger charge is 2.21. The Morgan fingerprint density at radius 3 is 2.50 bits per heavy atom. The molecule has 0 amide bonds. The SMILES string of the molecule is CC(C)=CCc1c(O)cc(O)c(-c2coc3cc(O)ccc3c2=O)c1O. The Balaban J connectivity index is 2.27. The molecule has 26 heavy (non-hydrogen) atoms. The second-order valence-corrected chi connectivity index (χ2v) is 6.26. The number of benzene rings is 2. The van der Waals surface area contributed by atoms with Gasteiger partial charge in [-0.25, -0.2) is 0 Å². The van der Waals surface area contributed by atoms with Crippen LogP contribution in [0, 0.1) is 0 Å². The van der Waals surface area contributed by atoms with E-state index in [9.17, 15) is 25.2 Å². The van der Waals surface area contributed by atoms with Crippen LogP contribution >= 0.6 is 0 Å². The van der Waals surface area contributed by atoms with Gasteiger partial charge >= 0.3 is 0 Å². The molecule has 0 aliphatic heterocycles. The zero-order valence-electron chi connectivity index (χ0n) is 14.3. The van der Waals surface area contributed by atoms with E-state index in [0.29, 0.717) is 0 Å². The summed E-state index contributed by atoms with van der Waals surface area (Å²) in [6.07, 6.45) is 3.15. The van der Waals surface area contributed by atoms with Gasteiger partial charge in [-0.15, -0.1) is 0 Å². The van der Waals surface area contributed by atoms with Crippen LogP contribution < -0.4 is 5.43 Å². The average molecular weight is 354 g/mol. The minimum Gasteiger partial charge on any atom is -0.508 e. The fourth-order valence-electron chi connectivity index (χ4n) is 2.74. The number of phenols is 4. The summed E-state index contributed by atoms with van der Waals surface area (Å²) in [5, 5.41) is 40.5. The summed E-state index contributed by atoms with van der Waals surface area (Å²) >= 11 is 0. The fraction of sp³-hybridized carbons (Fsp3) is 0.150. The molecule has 6 heteroatoms. The molecule has 0 radical (unpaired) electrons. The summed E-state index contributed by atoms with van der Waals surface area (Å²) in [7, 11) is 0. The minimum absolute atomic E-state index is 0.0448. The van der Waals surface area contributed by atoms with E-state index in [0.717, 1.165) is 17.9 Å². The molecule has 1 aromatic heterocycles. The van der Waals surface area contributed by atoms with E-state index < -0.39 is 11.2 Å². The lowest BCUT2D eigenvalue weighted by Gasteiger charge is -2.13. The highest BCUT2D eigenvalue weighted by molar-refractivity contribution is 5.86. The summed E-state index contributed by atoms with van der Waals surface area (Å²) in [5.74, 6) is -1.14. The van der Waals surface area contributed by atoms with Gasteiger partial charge in [-0.05, 0) is 32.4 Å². The number of hydrogen-bond acceptors (Lipinski definition) is 6. The maximum atomic E-state index is 12.8. The molecule has 0 atom stereocenters. The van der Waals surface area contributed by atoms with Crippen molar-refractivity contribution in [2.45, 2.75) is 20.3 Å². The Morgan fingerprint density at radius 1 is 1.08 bits per heavy atom. The van der Waals surface area contributed by atoms with Crippen molar-refractivity contribution in [3.05, 3.63) is 58.0 Å². The topological polar surface area (TPSA) is 111 Å². The van der Waals surface area contributed by atoms with E-state index in [1.807, 2.05) is 13.8 Å². The molecule has 0 bridgehead atoms. The molecule has 134 valence electrons. The van der Waals surface area contributed by atoms with E-state index in [4.69, 9.17) is 4.42 Å². The van der Waals surface area contributed by atoms with Crippen LogP contribution in [0.15, 0.2) is 51.4 Å². The molecule has 3 aromatic rings. The van der Waals surface area contributed by atoms with Crippen molar-refractivity contribution in [1.82, 2.24) is 0 Å². The zero-order chi connectivity index (χ0) is 19.0. The predicted octanol–water partition coefficient (Wildman–Crippen LogP) is 3.79. The molecule has 1 heterocycles. The number of hydrogen-bond donors (Lipinski definition) is 4. The van der Waals surface area contributed by atoms with Crippen molar-refractivity contribution in [1.29, 1.82) is 0 Å². The third-order valence-electron chi connectivity index (χ3n) is 4.10. The van der Waals surface area contributed by atoms with Gasteiger partial charge in [0.05, 0.1) is 16.5 Å². The Bertz CT molecular complexity index is 1090. The third-order valence-corrected chi connectivity index (χ3v) is 4.10. The molecule has 0 fully saturated rings. The molecule has 0 saturated heterocycles. The van der Waals surface area contributed by atoms with Crippen LogP contribution in [0.2, 0.25) is 0 Å². The molecular weight excluding hydrogens is 336 g/mol. The van der Waals surface area contributed by atoms with Crippen molar-refractivity contribution in [3.8, 4) is 34.1 Å². The standard InChI is InChI=1S/C20H18O6/c1-10(2)3-5-12-15(22)8-16(23)18(20(12)25)14-9-26-17-7-11(21)4-6-13(17)19(14)24/h3-4,6-9,21-23,25H,5H2,1-2H3. The van der Waals surface area contributed by atoms with Gasteiger partial charge in [-0.1, -0.05) is 11.6 Å². The molecule has 0 aliphatic carbocycles. The minimum atomic E-state index is -0.476. The lowest BCUT2D eigenvalue weighted by molar-refractivity contribution is 0.423. The van der Waals surface area contributed by atoms with E-state index in [1.54, 1.807) is 6.08 Å². The number of rotatable bonds is 3. The zero-order valence-corrected chi connectivity index (χ0v) is 14.3. The third kappa shape index (κ3) is 2.97. The quantitative estimate of drug-likeness (QED) is 0.533. The molecule has 0 saturated carbocycles. The molecule has 2 aromatic carbocycles. The Labute approximate surface area is 148 Å². The van der Waals surface area contributed by atoms with E-state index in [2.05, 4.69) is 0 Å². The van der Waals surface area contributed by atoms with Crippen molar-refractivity contribution >= 4 is 11.0 Å². The van der Waals surface area contributed by atoms with Gasteiger partial charge in [0, 0.05) is 17.7 Å². The van der Waals surface area contributed by atoms with Gasteiger partial charge in [0.2, 0.25) is 5.43 Å². The van der Waals surface area contributed by atoms with Crippen LogP contribution in [-0.4, -0.2) is 20.4 Å². The van der Waals surface area contributed by atoms with E-state index in [-0.39, 0.29) is 51.3 Å². The number of aromatic hydroxyl groups is 4. The first kappa shape index (κ1) is 17.4. The van der Waals surface area contributed by atoms with Gasteiger partial charge in [-0.2, -0.15) is 0 Å². The monoisotopic (exact) mass is 354 g/mol. The Hall–Kier alpha value is -3.41. The van der Waals surface area contributed by atoms with Crippen LogP contribution in [0.25, 0.3) is 22.1 Å². The second-order valence-electron chi connectivity index (χ2n) is 6.26. The highest BCUT2D eigenvalue weighted by atomic mass is 16.3. The fourth-order valence-corrected chi connectivity index (χ4v) is 2.74. The highest BCUT2D eigenvalue weighted by Crippen LogP contribution is 2.43. The van der Waals surface area contributed by atoms with Crippen LogP contribution in [0.4, 0.5) is 0 Å². The Morgan fingerprint density at radius 2 is 1.81 bits per heavy atom. The lowest BCUT2D eigenvalue weighted by atomic mass is 9.97. The molecule has 4 N–H and O–H groups in total. The number of fused-ring (bicyclic) bond motifs is 1. The first-order valence-electron chi connectivity index (χ1n) is 7.94. The van der Waals surface area contributed by atoms with Crippen LogP contribution in [0.5, 0.6) is 23.0 Å². The lowest BCUT2D eigenvalue weighted by Crippen LogP contribution is -2.05. The summed E-state index contributed by atoms with van der Waals surface area (Å²) in [6.45, 7) is 3.76. The van der Waals surface area contributed by atoms with Gasteiger partial charge < -0.3 is 24.8 Å². The maximum absolute atomic E-state index is 12.8. The molecule has 0 unspecified atom stereocenters. The van der Waals surface area contributed by atoms with Gasteiger partial charge in [0.1, 0.15) is 34.8 Å². The molecular formula is C20H18O6. The number of phenolic OH excluding ortho intramolecular Hbond substituents is 4. The first-order chi connectivity index (χ1) is 12.3. The van der Waals surface area contributed by atoms with E-state index in [1.165, 1.54) is 18.2 Å². The van der Waals surface area contributed by atoms with Crippen molar-refractivity contribution in [3.63, 3.8) is 0 Å². The normalized spacial score (nSPS) is 10.8. The van der Waals surface area contributed by atoms with Gasteiger partial charge in [-0.3, -0.25) is 4.79 Å². The van der Waals surface area contributed by atoms with Crippen LogP contribution in [0.1, 0.15) is 19.4 Å². The van der Waals surface area contributed by atoms with Crippen LogP contribution in [-0.2, 0) is 6.42 Å². The largest absolute Gasteiger partial charge is 0.508 e. The maximum Gasteiger partial charge on any atom is 0.200 e. The molecule has 0 spiro atoms. The summed E-state index contributed by atoms with van der Waals surface area (Å²) in [6, 6.07) is 5.14. The van der Waals surface area contributed by atoms with Gasteiger partial charge in [0.25, 0.3) is 0 Å². The van der Waals surface area contributed by atoms with Gasteiger partial charge in [0.15, 0.2) is 0 Å². The molecule has 0 aliphatic rings. The molecule has 6 nitrogen and oxygen atoms in total. The Kier molecular flexibility index (Phi) is 4.34. The summed E-state index contributed by atoms with van der Waals surface area (Å²) in [4.78, 5) is 12.8. The smallest absolute Gasteiger partial charge is 0.200 e. The second kappa shape index (κ2) is 6.48. The van der Waals surface area contributed by atoms with E-state index >= 15 is 0 Å². The first-order valence-corrected chi connectivity index (χ1v) is 7.94. The average Bonchev–Trinajstić information content (AvgIpc) is 2.56. The van der Waals surface area contributed by atoms with Crippen molar-refractivity contribution in [2.75, 3.05) is 0 Å². The van der Waals surface area contributed by atoms with Crippen molar-refractivity contribution < 1.29 is 24.8 Å². The van der Waals surface area contributed by atoms with Crippen molar-refractivity contribution in [2.24, 2.45) is 0 Å². The summed E-state index contributed by atoms with van der Waals surface area (Å²) in [5.41, 5.74) is 0.741. The predicted molar refractivity (Wildman–Crippen MR) is 97.7 cm³/mol. The molecule has 3 rings (SSSR count). The van der Waals surface area contributed by atoms with Crippen LogP contribution in [0.3, 0.4) is 0 Å². The summed E-state index contributed by atoms with van der Waals surface area (Å²) < 4.78 is 5.38.